The van der Waals surface area contributed by atoms with Crippen LogP contribution >= 0.6 is 0 Å². The molecular weight excluding hydrogens is 396 g/mol. The molecule has 0 aliphatic carbocycles. The maximum Gasteiger partial charge on any atom is 0.271 e. The zero-order chi connectivity index (χ0) is 22.2. The highest BCUT2D eigenvalue weighted by Gasteiger charge is 2.08. The molecule has 0 atom stereocenters. The molecule has 0 aromatic heterocycles. The van der Waals surface area contributed by atoms with Crippen molar-refractivity contribution in [3.63, 3.8) is 0 Å². The Labute approximate surface area is 180 Å². The summed E-state index contributed by atoms with van der Waals surface area (Å²) in [4.78, 5) is 22.5. The molecule has 0 spiro atoms. The number of benzene rings is 3. The molecule has 0 saturated carbocycles. The monoisotopic (exact) mass is 418 g/mol. The molecule has 0 unspecified atom stereocenters. The fourth-order valence-corrected chi connectivity index (χ4v) is 2.89. The Bertz CT molecular complexity index is 1120. The summed E-state index contributed by atoms with van der Waals surface area (Å²) < 4.78 is 11.3. The fourth-order valence-electron chi connectivity index (χ4n) is 2.89. The Hall–Kier alpha value is -4.13. The number of carbonyl (C=O) groups excluding carboxylic acids is 1. The van der Waals surface area contributed by atoms with E-state index in [2.05, 4.69) is 5.32 Å². The van der Waals surface area contributed by atoms with Crippen LogP contribution in [0, 0.1) is 17.0 Å². The lowest BCUT2D eigenvalue weighted by molar-refractivity contribution is -0.384. The van der Waals surface area contributed by atoms with Gasteiger partial charge >= 0.3 is 0 Å². The molecule has 31 heavy (non-hydrogen) atoms. The van der Waals surface area contributed by atoms with Crippen LogP contribution < -0.4 is 14.8 Å². The van der Waals surface area contributed by atoms with Crippen molar-refractivity contribution < 1.29 is 19.2 Å². The molecule has 7 nitrogen and oxygen atoms in total. The number of hydrogen-bond acceptors (Lipinski definition) is 5. The summed E-state index contributed by atoms with van der Waals surface area (Å²) in [6.07, 6.45) is 2.97. The van der Waals surface area contributed by atoms with Gasteiger partial charge in [0.15, 0.2) is 11.5 Å². The van der Waals surface area contributed by atoms with Crippen molar-refractivity contribution in [2.45, 2.75) is 13.5 Å². The first kappa shape index (κ1) is 21.6. The number of carbonyl (C=O) groups is 1. The maximum absolute atomic E-state index is 12.2. The van der Waals surface area contributed by atoms with Gasteiger partial charge in [-0.15, -0.1) is 0 Å². The number of nitro groups is 1. The molecule has 1 N–H and O–H groups in total. The molecule has 0 bridgehead atoms. The second-order valence-electron chi connectivity index (χ2n) is 6.76. The topological polar surface area (TPSA) is 90.7 Å². The number of methoxy groups -OCH3 is 1. The van der Waals surface area contributed by atoms with E-state index in [4.69, 9.17) is 9.47 Å². The van der Waals surface area contributed by atoms with Crippen LogP contribution in [0.1, 0.15) is 16.7 Å². The lowest BCUT2D eigenvalue weighted by atomic mass is 10.1. The number of hydrogen-bond donors (Lipinski definition) is 1. The van der Waals surface area contributed by atoms with E-state index >= 15 is 0 Å². The lowest BCUT2D eigenvalue weighted by Gasteiger charge is -2.12. The Balaban J connectivity index is 1.65. The van der Waals surface area contributed by atoms with Gasteiger partial charge in [-0.2, -0.15) is 0 Å². The number of anilines is 1. The Morgan fingerprint density at radius 2 is 1.87 bits per heavy atom. The van der Waals surface area contributed by atoms with E-state index in [0.29, 0.717) is 23.8 Å². The van der Waals surface area contributed by atoms with Crippen molar-refractivity contribution in [3.05, 3.63) is 99.6 Å². The molecule has 0 radical (unpaired) electrons. The predicted molar refractivity (Wildman–Crippen MR) is 119 cm³/mol. The number of nitrogens with zero attached hydrogens (tertiary/aromatic N) is 1. The van der Waals surface area contributed by atoms with Crippen LogP contribution in [0.15, 0.2) is 72.8 Å². The van der Waals surface area contributed by atoms with Gasteiger partial charge in [0, 0.05) is 23.9 Å². The average Bonchev–Trinajstić information content (AvgIpc) is 2.77. The first-order chi connectivity index (χ1) is 15.0. The van der Waals surface area contributed by atoms with Crippen molar-refractivity contribution in [2.75, 3.05) is 12.4 Å². The number of non-ortho nitro benzene ring substituents is 1. The van der Waals surface area contributed by atoms with Crippen molar-refractivity contribution in [2.24, 2.45) is 0 Å². The molecular formula is C24H22N2O5. The summed E-state index contributed by atoms with van der Waals surface area (Å²) in [5, 5.41) is 13.4. The minimum Gasteiger partial charge on any atom is -0.493 e. The molecule has 0 aliphatic heterocycles. The van der Waals surface area contributed by atoms with E-state index in [1.54, 1.807) is 31.4 Å². The molecule has 0 heterocycles. The Morgan fingerprint density at radius 1 is 1.06 bits per heavy atom. The third kappa shape index (κ3) is 5.93. The van der Waals surface area contributed by atoms with E-state index < -0.39 is 10.8 Å². The lowest BCUT2D eigenvalue weighted by Crippen LogP contribution is -2.07. The number of amides is 1. The molecule has 3 rings (SSSR count). The molecule has 3 aromatic carbocycles. The van der Waals surface area contributed by atoms with Crippen LogP contribution in [0.5, 0.6) is 11.5 Å². The maximum atomic E-state index is 12.2. The standard InChI is InChI=1S/C24H22N2O5/c1-17-6-3-4-7-19(17)16-31-22-12-10-18(14-23(22)30-2)11-13-24(27)25-20-8-5-9-21(15-20)26(28)29/h3-15H,16H2,1-2H3,(H,25,27)/b13-11+. The quantitative estimate of drug-likeness (QED) is 0.311. The van der Waals surface area contributed by atoms with Crippen LogP contribution in [-0.2, 0) is 11.4 Å². The summed E-state index contributed by atoms with van der Waals surface area (Å²) in [6, 6.07) is 19.1. The smallest absolute Gasteiger partial charge is 0.271 e. The van der Waals surface area contributed by atoms with E-state index in [1.165, 1.54) is 24.3 Å². The number of nitro benzene ring substituents is 1. The van der Waals surface area contributed by atoms with Crippen molar-refractivity contribution in [1.82, 2.24) is 0 Å². The van der Waals surface area contributed by atoms with E-state index in [9.17, 15) is 14.9 Å². The molecule has 158 valence electrons. The normalized spacial score (nSPS) is 10.6. The third-order valence-corrected chi connectivity index (χ3v) is 4.58. The average molecular weight is 418 g/mol. The minimum atomic E-state index is -0.513. The van der Waals surface area contributed by atoms with E-state index in [0.717, 1.165) is 16.7 Å². The highest BCUT2D eigenvalue weighted by atomic mass is 16.6. The highest BCUT2D eigenvalue weighted by Crippen LogP contribution is 2.29. The van der Waals surface area contributed by atoms with Gasteiger partial charge in [-0.1, -0.05) is 36.4 Å². The van der Waals surface area contributed by atoms with Gasteiger partial charge in [-0.3, -0.25) is 14.9 Å². The zero-order valence-electron chi connectivity index (χ0n) is 17.2. The van der Waals surface area contributed by atoms with E-state index in [-0.39, 0.29) is 5.69 Å². The summed E-state index contributed by atoms with van der Waals surface area (Å²) in [6.45, 7) is 2.45. The zero-order valence-corrected chi connectivity index (χ0v) is 17.2. The highest BCUT2D eigenvalue weighted by molar-refractivity contribution is 6.02. The predicted octanol–water partition coefficient (Wildman–Crippen LogP) is 5.14. The summed E-state index contributed by atoms with van der Waals surface area (Å²) in [7, 11) is 1.55. The molecule has 0 aliphatic rings. The summed E-state index contributed by atoms with van der Waals surface area (Å²) in [5.74, 6) is 0.748. The molecule has 7 heteroatoms. The van der Waals surface area contributed by atoms with Crippen molar-refractivity contribution in [3.8, 4) is 11.5 Å². The molecule has 0 saturated heterocycles. The summed E-state index contributed by atoms with van der Waals surface area (Å²) >= 11 is 0. The number of nitrogens with one attached hydrogen (secondary N) is 1. The second kappa shape index (κ2) is 10.1. The molecule has 0 fully saturated rings. The fraction of sp³-hybridized carbons (Fsp3) is 0.125. The van der Waals surface area contributed by atoms with Crippen LogP contribution in [-0.4, -0.2) is 17.9 Å². The van der Waals surface area contributed by atoms with Crippen LogP contribution in [0.25, 0.3) is 6.08 Å². The van der Waals surface area contributed by atoms with Gasteiger partial charge in [0.25, 0.3) is 5.69 Å². The SMILES string of the molecule is COc1cc(/C=C/C(=O)Nc2cccc([N+](=O)[O-])c2)ccc1OCc1ccccc1C. The Morgan fingerprint density at radius 3 is 2.61 bits per heavy atom. The van der Waals surface area contributed by atoms with Gasteiger partial charge in [-0.05, 0) is 47.9 Å². The minimum absolute atomic E-state index is 0.0900. The number of rotatable bonds is 8. The van der Waals surface area contributed by atoms with Gasteiger partial charge in [0.1, 0.15) is 6.61 Å². The van der Waals surface area contributed by atoms with Gasteiger partial charge in [0.05, 0.1) is 12.0 Å². The molecule has 1 amide bonds. The largest absolute Gasteiger partial charge is 0.493 e. The first-order valence-corrected chi connectivity index (χ1v) is 9.55. The molecule has 3 aromatic rings. The van der Waals surface area contributed by atoms with Gasteiger partial charge < -0.3 is 14.8 Å². The second-order valence-corrected chi connectivity index (χ2v) is 6.76. The van der Waals surface area contributed by atoms with Crippen LogP contribution in [0.4, 0.5) is 11.4 Å². The van der Waals surface area contributed by atoms with E-state index in [1.807, 2.05) is 37.3 Å². The number of ether oxygens (including phenoxy) is 2. The van der Waals surface area contributed by atoms with Gasteiger partial charge in [0.2, 0.25) is 5.91 Å². The Kier molecular flexibility index (Phi) is 7.01. The third-order valence-electron chi connectivity index (χ3n) is 4.58. The summed E-state index contributed by atoms with van der Waals surface area (Å²) in [5.41, 5.74) is 3.24. The van der Waals surface area contributed by atoms with Gasteiger partial charge in [-0.25, -0.2) is 0 Å². The van der Waals surface area contributed by atoms with Crippen molar-refractivity contribution in [1.29, 1.82) is 0 Å². The number of aryl methyl sites for hydroxylation is 1. The van der Waals surface area contributed by atoms with Crippen LogP contribution in [0.3, 0.4) is 0 Å². The van der Waals surface area contributed by atoms with Crippen molar-refractivity contribution >= 4 is 23.4 Å². The first-order valence-electron chi connectivity index (χ1n) is 9.55. The van der Waals surface area contributed by atoms with Crippen LogP contribution in [0.2, 0.25) is 0 Å².